The second-order valence-electron chi connectivity index (χ2n) is 5.05. The normalized spacial score (nSPS) is 9.54. The average Bonchev–Trinajstić information content (AvgIpc) is 2.66. The first-order chi connectivity index (χ1) is 12.8. The van der Waals surface area contributed by atoms with Crippen LogP contribution in [0, 0.1) is 0 Å². The Morgan fingerprint density at radius 3 is 1.38 bits per heavy atom. The summed E-state index contributed by atoms with van der Waals surface area (Å²) in [5, 5.41) is 7.02. The standard InChI is InChI=1S/C18H12N6O2/c19-23-21-13-4-8-15(9-5-13)25-17-2-1-3-18(12-17)26-16-10-6-14(7-11-16)22-24-20/h1-12H. The molecule has 8 heteroatoms. The van der Waals surface area contributed by atoms with Gasteiger partial charge in [-0.05, 0) is 71.7 Å². The minimum Gasteiger partial charge on any atom is -0.457 e. The van der Waals surface area contributed by atoms with Crippen LogP contribution in [0.3, 0.4) is 0 Å². The second kappa shape index (κ2) is 8.12. The summed E-state index contributed by atoms with van der Waals surface area (Å²) in [6.07, 6.45) is 0. The zero-order valence-corrected chi connectivity index (χ0v) is 13.4. The molecule has 0 saturated heterocycles. The SMILES string of the molecule is [N-]=[N+]=Nc1ccc(Oc2cccc(Oc3ccc(N=[N+]=[N-])cc3)c2)cc1. The number of benzene rings is 3. The molecule has 3 aromatic carbocycles. The molecule has 0 radical (unpaired) electrons. The fourth-order valence-corrected chi connectivity index (χ4v) is 2.14. The first-order valence-corrected chi connectivity index (χ1v) is 7.53. The Balaban J connectivity index is 1.71. The van der Waals surface area contributed by atoms with Crippen molar-refractivity contribution in [3.8, 4) is 23.0 Å². The summed E-state index contributed by atoms with van der Waals surface area (Å²) in [7, 11) is 0. The monoisotopic (exact) mass is 344 g/mol. The molecule has 8 nitrogen and oxygen atoms in total. The van der Waals surface area contributed by atoms with Crippen molar-refractivity contribution in [3.63, 3.8) is 0 Å². The molecule has 126 valence electrons. The molecule has 0 atom stereocenters. The van der Waals surface area contributed by atoms with Crippen LogP contribution in [0.5, 0.6) is 23.0 Å². The molecule has 3 aromatic rings. The van der Waals surface area contributed by atoms with E-state index in [1.54, 1.807) is 66.7 Å². The summed E-state index contributed by atoms with van der Waals surface area (Å²) in [4.78, 5) is 5.46. The summed E-state index contributed by atoms with van der Waals surface area (Å²) in [5.41, 5.74) is 17.8. The molecule has 3 rings (SSSR count). The number of ether oxygens (including phenoxy) is 2. The maximum absolute atomic E-state index is 8.41. The molecule has 0 unspecified atom stereocenters. The van der Waals surface area contributed by atoms with Crippen LogP contribution in [0.4, 0.5) is 11.4 Å². The maximum atomic E-state index is 8.41. The van der Waals surface area contributed by atoms with Gasteiger partial charge >= 0.3 is 0 Å². The van der Waals surface area contributed by atoms with E-state index in [1.165, 1.54) is 0 Å². The van der Waals surface area contributed by atoms with Gasteiger partial charge in [0.2, 0.25) is 0 Å². The van der Waals surface area contributed by atoms with Gasteiger partial charge in [-0.15, -0.1) is 0 Å². The summed E-state index contributed by atoms with van der Waals surface area (Å²) in [6, 6.07) is 20.7. The topological polar surface area (TPSA) is 116 Å². The van der Waals surface area contributed by atoms with Crippen LogP contribution in [0.1, 0.15) is 0 Å². The van der Waals surface area contributed by atoms with Gasteiger partial charge in [0.25, 0.3) is 0 Å². The van der Waals surface area contributed by atoms with Gasteiger partial charge < -0.3 is 9.47 Å². The average molecular weight is 344 g/mol. The molecule has 0 aliphatic rings. The zero-order chi connectivity index (χ0) is 18.2. The fourth-order valence-electron chi connectivity index (χ4n) is 2.14. The van der Waals surface area contributed by atoms with Gasteiger partial charge in [0, 0.05) is 27.3 Å². The molecular weight excluding hydrogens is 332 g/mol. The van der Waals surface area contributed by atoms with E-state index in [4.69, 9.17) is 20.5 Å². The Bertz CT molecular complexity index is 910. The minimum atomic E-state index is 0.515. The minimum absolute atomic E-state index is 0.515. The van der Waals surface area contributed by atoms with Crippen LogP contribution in [0.25, 0.3) is 20.9 Å². The Hall–Kier alpha value is -4.12. The highest BCUT2D eigenvalue weighted by Crippen LogP contribution is 2.30. The second-order valence-corrected chi connectivity index (χ2v) is 5.05. The van der Waals surface area contributed by atoms with E-state index in [1.807, 2.05) is 6.07 Å². The van der Waals surface area contributed by atoms with E-state index in [2.05, 4.69) is 20.1 Å². The first-order valence-electron chi connectivity index (χ1n) is 7.53. The number of hydrogen-bond donors (Lipinski definition) is 0. The van der Waals surface area contributed by atoms with Crippen molar-refractivity contribution in [1.29, 1.82) is 0 Å². The lowest BCUT2D eigenvalue weighted by Gasteiger charge is -2.09. The summed E-state index contributed by atoms with van der Waals surface area (Å²) >= 11 is 0. The lowest BCUT2D eigenvalue weighted by Crippen LogP contribution is -1.87. The third kappa shape index (κ3) is 4.46. The molecule has 0 spiro atoms. The predicted molar refractivity (Wildman–Crippen MR) is 97.1 cm³/mol. The van der Waals surface area contributed by atoms with E-state index in [0.717, 1.165) is 0 Å². The number of azide groups is 2. The molecule has 0 aliphatic carbocycles. The molecule has 0 fully saturated rings. The Labute approximate surface area is 148 Å². The number of nitrogens with zero attached hydrogens (tertiary/aromatic N) is 6. The van der Waals surface area contributed by atoms with Gasteiger partial charge in [0.1, 0.15) is 23.0 Å². The first kappa shape index (κ1) is 16.7. The van der Waals surface area contributed by atoms with Crippen LogP contribution in [-0.4, -0.2) is 0 Å². The highest BCUT2D eigenvalue weighted by molar-refractivity contribution is 5.45. The quantitative estimate of drug-likeness (QED) is 0.268. The third-order valence-corrected chi connectivity index (χ3v) is 3.27. The molecule has 0 aromatic heterocycles. The summed E-state index contributed by atoms with van der Waals surface area (Å²) in [5.74, 6) is 2.42. The van der Waals surface area contributed by atoms with E-state index in [9.17, 15) is 0 Å². The van der Waals surface area contributed by atoms with Crippen molar-refractivity contribution >= 4 is 11.4 Å². The van der Waals surface area contributed by atoms with E-state index in [0.29, 0.717) is 34.4 Å². The molecule has 0 heterocycles. The summed E-state index contributed by atoms with van der Waals surface area (Å²) < 4.78 is 11.5. The van der Waals surface area contributed by atoms with Gasteiger partial charge in [-0.1, -0.05) is 16.3 Å². The zero-order valence-electron chi connectivity index (χ0n) is 13.4. The van der Waals surface area contributed by atoms with Crippen molar-refractivity contribution in [1.82, 2.24) is 0 Å². The van der Waals surface area contributed by atoms with Gasteiger partial charge in [-0.25, -0.2) is 0 Å². The van der Waals surface area contributed by atoms with Crippen molar-refractivity contribution < 1.29 is 9.47 Å². The van der Waals surface area contributed by atoms with Crippen LogP contribution in [0.15, 0.2) is 83.0 Å². The van der Waals surface area contributed by atoms with E-state index >= 15 is 0 Å². The highest BCUT2D eigenvalue weighted by Gasteiger charge is 2.02. The predicted octanol–water partition coefficient (Wildman–Crippen LogP) is 7.15. The molecule has 0 saturated carbocycles. The number of hydrogen-bond acceptors (Lipinski definition) is 4. The smallest absolute Gasteiger partial charge is 0.131 e. The maximum Gasteiger partial charge on any atom is 0.131 e. The van der Waals surface area contributed by atoms with Crippen LogP contribution in [0.2, 0.25) is 0 Å². The molecular formula is C18H12N6O2. The molecule has 26 heavy (non-hydrogen) atoms. The van der Waals surface area contributed by atoms with Crippen molar-refractivity contribution in [2.24, 2.45) is 10.2 Å². The van der Waals surface area contributed by atoms with Crippen molar-refractivity contribution in [2.75, 3.05) is 0 Å². The summed E-state index contributed by atoms with van der Waals surface area (Å²) in [6.45, 7) is 0. The lowest BCUT2D eigenvalue weighted by atomic mass is 10.3. The Morgan fingerprint density at radius 1 is 0.577 bits per heavy atom. The Morgan fingerprint density at radius 2 is 1.00 bits per heavy atom. The van der Waals surface area contributed by atoms with Gasteiger partial charge in [0.15, 0.2) is 0 Å². The van der Waals surface area contributed by atoms with Gasteiger partial charge in [-0.2, -0.15) is 0 Å². The van der Waals surface area contributed by atoms with Crippen LogP contribution >= 0.6 is 0 Å². The van der Waals surface area contributed by atoms with E-state index in [-0.39, 0.29) is 0 Å². The molecule has 0 N–H and O–H groups in total. The van der Waals surface area contributed by atoms with Crippen LogP contribution < -0.4 is 9.47 Å². The highest BCUT2D eigenvalue weighted by atomic mass is 16.5. The largest absolute Gasteiger partial charge is 0.457 e. The molecule has 0 bridgehead atoms. The number of rotatable bonds is 6. The van der Waals surface area contributed by atoms with Crippen molar-refractivity contribution in [2.45, 2.75) is 0 Å². The molecule has 0 amide bonds. The van der Waals surface area contributed by atoms with Gasteiger partial charge in [-0.3, -0.25) is 0 Å². The third-order valence-electron chi connectivity index (χ3n) is 3.27. The fraction of sp³-hybridized carbons (Fsp3) is 0. The van der Waals surface area contributed by atoms with Gasteiger partial charge in [0.05, 0.1) is 0 Å². The Kier molecular flexibility index (Phi) is 5.22. The lowest BCUT2D eigenvalue weighted by molar-refractivity contribution is 0.460. The van der Waals surface area contributed by atoms with Crippen LogP contribution in [-0.2, 0) is 0 Å². The van der Waals surface area contributed by atoms with Crippen molar-refractivity contribution in [3.05, 3.63) is 93.7 Å². The molecule has 0 aliphatic heterocycles. The van der Waals surface area contributed by atoms with E-state index < -0.39 is 0 Å².